The van der Waals surface area contributed by atoms with Crippen molar-refractivity contribution in [2.75, 3.05) is 6.54 Å². The molecule has 1 aliphatic rings. The number of amides is 1. The Balaban J connectivity index is 1.68. The maximum absolute atomic E-state index is 13.9. The highest BCUT2D eigenvalue weighted by Gasteiger charge is 2.32. The standard InChI is InChI=1S/C17H16FN3OS/c1-20-10-11(9-19-20)14-5-3-7-21(14)17(22)16-8-12-13(18)4-2-6-15(12)23-16/h2,4,6,8-10,14H,3,5,7H2,1H3. The second-order valence-electron chi connectivity index (χ2n) is 5.87. The molecule has 4 nitrogen and oxygen atoms in total. The number of nitrogens with zero attached hydrogens (tertiary/aromatic N) is 3. The number of fused-ring (bicyclic) bond motifs is 1. The van der Waals surface area contributed by atoms with E-state index in [2.05, 4.69) is 5.10 Å². The Hall–Kier alpha value is -2.21. The van der Waals surface area contributed by atoms with Crippen LogP contribution in [0.4, 0.5) is 4.39 Å². The molecule has 0 saturated carbocycles. The van der Waals surface area contributed by atoms with Crippen LogP contribution in [0.1, 0.15) is 34.1 Å². The third-order valence-corrected chi connectivity index (χ3v) is 5.43. The van der Waals surface area contributed by atoms with E-state index in [1.54, 1.807) is 16.8 Å². The Morgan fingerprint density at radius 1 is 1.43 bits per heavy atom. The van der Waals surface area contributed by atoms with Crippen LogP contribution in [0.25, 0.3) is 10.1 Å². The number of carbonyl (C=O) groups excluding carboxylic acids is 1. The Labute approximate surface area is 137 Å². The Morgan fingerprint density at radius 3 is 3.04 bits per heavy atom. The number of likely N-dealkylation sites (tertiary alicyclic amines) is 1. The lowest BCUT2D eigenvalue weighted by Gasteiger charge is -2.23. The van der Waals surface area contributed by atoms with Crippen molar-refractivity contribution < 1.29 is 9.18 Å². The summed E-state index contributed by atoms with van der Waals surface area (Å²) in [5.74, 6) is -0.292. The lowest BCUT2D eigenvalue weighted by atomic mass is 10.1. The lowest BCUT2D eigenvalue weighted by Crippen LogP contribution is -2.29. The van der Waals surface area contributed by atoms with Crippen LogP contribution in [0.5, 0.6) is 0 Å². The summed E-state index contributed by atoms with van der Waals surface area (Å²) in [6.45, 7) is 0.731. The lowest BCUT2D eigenvalue weighted by molar-refractivity contribution is 0.0740. The Bertz CT molecular complexity index is 885. The Kier molecular flexibility index (Phi) is 3.41. The maximum Gasteiger partial charge on any atom is 0.264 e. The Morgan fingerprint density at radius 2 is 2.30 bits per heavy atom. The molecule has 0 bridgehead atoms. The summed E-state index contributed by atoms with van der Waals surface area (Å²) in [5, 5.41) is 4.73. The van der Waals surface area contributed by atoms with Crippen molar-refractivity contribution in [2.24, 2.45) is 7.05 Å². The van der Waals surface area contributed by atoms with Gasteiger partial charge in [-0.3, -0.25) is 9.48 Å². The van der Waals surface area contributed by atoms with Gasteiger partial charge >= 0.3 is 0 Å². The average molecular weight is 329 g/mol. The van der Waals surface area contributed by atoms with Crippen molar-refractivity contribution in [2.45, 2.75) is 18.9 Å². The van der Waals surface area contributed by atoms with Crippen LogP contribution < -0.4 is 0 Å². The third-order valence-electron chi connectivity index (χ3n) is 4.34. The van der Waals surface area contributed by atoms with E-state index < -0.39 is 0 Å². The van der Waals surface area contributed by atoms with E-state index in [4.69, 9.17) is 0 Å². The minimum Gasteiger partial charge on any atom is -0.331 e. The molecule has 6 heteroatoms. The van der Waals surface area contributed by atoms with E-state index >= 15 is 0 Å². The summed E-state index contributed by atoms with van der Waals surface area (Å²) in [6, 6.07) is 6.69. The molecule has 1 fully saturated rings. The van der Waals surface area contributed by atoms with Gasteiger partial charge in [-0.15, -0.1) is 11.3 Å². The largest absolute Gasteiger partial charge is 0.331 e. The fraction of sp³-hybridized carbons (Fsp3) is 0.294. The molecule has 3 heterocycles. The monoisotopic (exact) mass is 329 g/mol. The SMILES string of the molecule is Cn1cc(C2CCCN2C(=O)c2cc3c(F)cccc3s2)cn1. The van der Waals surface area contributed by atoms with Gasteiger partial charge in [0, 0.05) is 35.4 Å². The number of aryl methyl sites for hydroxylation is 1. The van der Waals surface area contributed by atoms with E-state index in [0.29, 0.717) is 10.3 Å². The zero-order valence-electron chi connectivity index (χ0n) is 12.7. The van der Waals surface area contributed by atoms with E-state index in [1.807, 2.05) is 30.4 Å². The van der Waals surface area contributed by atoms with E-state index in [0.717, 1.165) is 29.6 Å². The number of halogens is 1. The van der Waals surface area contributed by atoms with Gasteiger partial charge in [-0.2, -0.15) is 5.10 Å². The molecule has 1 unspecified atom stereocenters. The first-order valence-corrected chi connectivity index (χ1v) is 8.43. The molecular weight excluding hydrogens is 313 g/mol. The molecular formula is C17H16FN3OS. The van der Waals surface area contributed by atoms with Crippen molar-refractivity contribution in [1.29, 1.82) is 0 Å². The number of thiophene rings is 1. The highest BCUT2D eigenvalue weighted by atomic mass is 32.1. The molecule has 0 spiro atoms. The first-order chi connectivity index (χ1) is 11.1. The number of hydrogen-bond acceptors (Lipinski definition) is 3. The molecule has 23 heavy (non-hydrogen) atoms. The summed E-state index contributed by atoms with van der Waals surface area (Å²) in [7, 11) is 1.87. The quantitative estimate of drug-likeness (QED) is 0.718. The molecule has 1 aliphatic heterocycles. The van der Waals surface area contributed by atoms with Gasteiger partial charge in [0.15, 0.2) is 0 Å². The van der Waals surface area contributed by atoms with Crippen LogP contribution in [-0.2, 0) is 7.05 Å². The molecule has 0 radical (unpaired) electrons. The fourth-order valence-corrected chi connectivity index (χ4v) is 4.27. The molecule has 2 aromatic heterocycles. The van der Waals surface area contributed by atoms with Gasteiger partial charge in [-0.05, 0) is 31.0 Å². The molecule has 118 valence electrons. The number of benzene rings is 1. The third kappa shape index (κ3) is 2.43. The van der Waals surface area contributed by atoms with Crippen LogP contribution >= 0.6 is 11.3 Å². The van der Waals surface area contributed by atoms with Gasteiger partial charge in [0.05, 0.1) is 17.1 Å². The number of hydrogen-bond donors (Lipinski definition) is 0. The normalized spacial score (nSPS) is 18.0. The van der Waals surface area contributed by atoms with Crippen LogP contribution in [0.15, 0.2) is 36.7 Å². The molecule has 1 saturated heterocycles. The van der Waals surface area contributed by atoms with Crippen molar-refractivity contribution >= 4 is 27.3 Å². The summed E-state index contributed by atoms with van der Waals surface area (Å²) < 4.78 is 16.4. The minimum atomic E-state index is -0.275. The topological polar surface area (TPSA) is 38.1 Å². The van der Waals surface area contributed by atoms with Gasteiger partial charge in [0.25, 0.3) is 5.91 Å². The predicted octanol–water partition coefficient (Wildman–Crippen LogP) is 3.75. The van der Waals surface area contributed by atoms with Crippen LogP contribution in [0.2, 0.25) is 0 Å². The van der Waals surface area contributed by atoms with E-state index in [9.17, 15) is 9.18 Å². The fourth-order valence-electron chi connectivity index (χ4n) is 3.24. The van der Waals surface area contributed by atoms with Crippen LogP contribution in [0.3, 0.4) is 0 Å². The van der Waals surface area contributed by atoms with E-state index in [-0.39, 0.29) is 17.8 Å². The average Bonchev–Trinajstić information content (AvgIpc) is 3.24. The first-order valence-electron chi connectivity index (χ1n) is 7.61. The summed E-state index contributed by atoms with van der Waals surface area (Å²) >= 11 is 1.36. The number of aromatic nitrogens is 2. The van der Waals surface area contributed by atoms with Crippen molar-refractivity contribution in [3.63, 3.8) is 0 Å². The molecule has 1 amide bonds. The predicted molar refractivity (Wildman–Crippen MR) is 88.0 cm³/mol. The number of rotatable bonds is 2. The van der Waals surface area contributed by atoms with Crippen molar-refractivity contribution in [3.8, 4) is 0 Å². The van der Waals surface area contributed by atoms with E-state index in [1.165, 1.54) is 17.4 Å². The zero-order valence-corrected chi connectivity index (χ0v) is 13.5. The highest BCUT2D eigenvalue weighted by Crippen LogP contribution is 2.35. The first kappa shape index (κ1) is 14.4. The molecule has 0 N–H and O–H groups in total. The molecule has 1 atom stereocenters. The smallest absolute Gasteiger partial charge is 0.264 e. The van der Waals surface area contributed by atoms with Crippen molar-refractivity contribution in [1.82, 2.24) is 14.7 Å². The summed E-state index contributed by atoms with van der Waals surface area (Å²) in [4.78, 5) is 15.4. The molecule has 1 aromatic carbocycles. The minimum absolute atomic E-state index is 0.0167. The second-order valence-corrected chi connectivity index (χ2v) is 6.95. The van der Waals surface area contributed by atoms with Crippen molar-refractivity contribution in [3.05, 3.63) is 52.9 Å². The number of carbonyl (C=O) groups is 1. The van der Waals surface area contributed by atoms with Gasteiger partial charge in [-0.25, -0.2) is 4.39 Å². The summed E-state index contributed by atoms with van der Waals surface area (Å²) in [6.07, 6.45) is 5.70. The highest BCUT2D eigenvalue weighted by molar-refractivity contribution is 7.20. The van der Waals surface area contributed by atoms with Crippen LogP contribution in [0, 0.1) is 5.82 Å². The van der Waals surface area contributed by atoms with Gasteiger partial charge in [0.2, 0.25) is 0 Å². The van der Waals surface area contributed by atoms with Gasteiger partial charge in [0.1, 0.15) is 5.82 Å². The molecule has 0 aliphatic carbocycles. The zero-order chi connectivity index (χ0) is 16.0. The molecule has 4 rings (SSSR count). The van der Waals surface area contributed by atoms with Gasteiger partial charge < -0.3 is 4.90 Å². The van der Waals surface area contributed by atoms with Gasteiger partial charge in [-0.1, -0.05) is 6.07 Å². The maximum atomic E-state index is 13.9. The van der Waals surface area contributed by atoms with Crippen LogP contribution in [-0.4, -0.2) is 27.1 Å². The second kappa shape index (κ2) is 5.45. The summed E-state index contributed by atoms with van der Waals surface area (Å²) in [5.41, 5.74) is 1.06. The molecule has 3 aromatic rings.